The number of hydrogen-bond donors (Lipinski definition) is 2. The maximum atomic E-state index is 12.8. The Balaban J connectivity index is 1.75. The van der Waals surface area contributed by atoms with E-state index in [-0.39, 0.29) is 35.4 Å². The van der Waals surface area contributed by atoms with Gasteiger partial charge in [-0.3, -0.25) is 4.79 Å². The maximum absolute atomic E-state index is 12.8. The van der Waals surface area contributed by atoms with Gasteiger partial charge in [0.15, 0.2) is 0 Å². The normalized spacial score (nSPS) is 11.4. The van der Waals surface area contributed by atoms with Crippen LogP contribution in [0.15, 0.2) is 89.8 Å². The van der Waals surface area contributed by atoms with Crippen LogP contribution in [0.1, 0.15) is 27.4 Å². The Hall–Kier alpha value is -3.00. The molecule has 0 aliphatic carbocycles. The van der Waals surface area contributed by atoms with Crippen LogP contribution in [-0.4, -0.2) is 41.1 Å². The van der Waals surface area contributed by atoms with Crippen molar-refractivity contribution in [1.82, 2.24) is 10.0 Å². The molecule has 0 aliphatic rings. The van der Waals surface area contributed by atoms with Crippen LogP contribution in [0.5, 0.6) is 0 Å². The first-order valence-electron chi connectivity index (χ1n) is 9.98. The average Bonchev–Trinajstić information content (AvgIpc) is 2.81. The molecule has 0 fully saturated rings. The van der Waals surface area contributed by atoms with Crippen LogP contribution in [-0.2, 0) is 14.8 Å². The third-order valence-corrected chi connectivity index (χ3v) is 6.33. The third-order valence-electron chi connectivity index (χ3n) is 4.88. The molecule has 6 nitrogen and oxygen atoms in total. The number of benzene rings is 3. The Labute approximate surface area is 183 Å². The molecule has 0 unspecified atom stereocenters. The van der Waals surface area contributed by atoms with E-state index in [4.69, 9.17) is 4.74 Å². The summed E-state index contributed by atoms with van der Waals surface area (Å²) in [4.78, 5) is 12.8. The smallest absolute Gasteiger partial charge is 0.251 e. The van der Waals surface area contributed by atoms with Gasteiger partial charge >= 0.3 is 0 Å². The molecule has 0 heterocycles. The molecule has 0 radical (unpaired) electrons. The number of methoxy groups -OCH3 is 1. The topological polar surface area (TPSA) is 84.5 Å². The number of sulfonamides is 1. The van der Waals surface area contributed by atoms with Gasteiger partial charge in [0, 0.05) is 31.7 Å². The molecule has 1 amide bonds. The summed E-state index contributed by atoms with van der Waals surface area (Å²) in [6.45, 7) is 0.806. The van der Waals surface area contributed by atoms with Gasteiger partial charge in [0.05, 0.1) is 11.5 Å². The van der Waals surface area contributed by atoms with E-state index in [0.29, 0.717) is 6.54 Å². The first kappa shape index (κ1) is 22.7. The second-order valence-corrected chi connectivity index (χ2v) is 8.77. The highest BCUT2D eigenvalue weighted by Gasteiger charge is 2.18. The fraction of sp³-hybridized carbons (Fsp3) is 0.208. The van der Waals surface area contributed by atoms with Crippen molar-refractivity contribution < 1.29 is 17.9 Å². The van der Waals surface area contributed by atoms with Crippen LogP contribution in [0.3, 0.4) is 0 Å². The van der Waals surface area contributed by atoms with E-state index in [1.165, 1.54) is 19.2 Å². The van der Waals surface area contributed by atoms with Crippen LogP contribution < -0.4 is 10.0 Å². The number of nitrogens with one attached hydrogen (secondary N) is 2. The minimum atomic E-state index is -3.72. The van der Waals surface area contributed by atoms with Crippen molar-refractivity contribution in [2.45, 2.75) is 10.8 Å². The van der Waals surface area contributed by atoms with E-state index < -0.39 is 10.0 Å². The van der Waals surface area contributed by atoms with E-state index in [1.54, 1.807) is 12.1 Å². The van der Waals surface area contributed by atoms with Crippen molar-refractivity contribution in [2.24, 2.45) is 0 Å². The van der Waals surface area contributed by atoms with Gasteiger partial charge < -0.3 is 10.1 Å². The average molecular weight is 439 g/mol. The van der Waals surface area contributed by atoms with Crippen LogP contribution in [0.25, 0.3) is 0 Å². The van der Waals surface area contributed by atoms with E-state index in [1.807, 2.05) is 60.7 Å². The maximum Gasteiger partial charge on any atom is 0.251 e. The highest BCUT2D eigenvalue weighted by atomic mass is 32.2. The highest BCUT2D eigenvalue weighted by molar-refractivity contribution is 7.89. The zero-order valence-electron chi connectivity index (χ0n) is 17.3. The molecule has 0 saturated carbocycles. The summed E-state index contributed by atoms with van der Waals surface area (Å²) in [6, 6.07) is 25.9. The van der Waals surface area contributed by atoms with Gasteiger partial charge in [-0.25, -0.2) is 13.1 Å². The van der Waals surface area contributed by atoms with Crippen molar-refractivity contribution in [3.63, 3.8) is 0 Å². The molecular formula is C24H26N2O4S. The zero-order valence-corrected chi connectivity index (χ0v) is 18.1. The molecule has 3 aromatic rings. The molecule has 2 N–H and O–H groups in total. The SMILES string of the molecule is COCCNS(=O)(=O)c1cccc(C(=O)NCC(c2ccccc2)c2ccccc2)c1. The van der Waals surface area contributed by atoms with Gasteiger partial charge in [0.2, 0.25) is 10.0 Å². The van der Waals surface area contributed by atoms with Crippen molar-refractivity contribution >= 4 is 15.9 Å². The van der Waals surface area contributed by atoms with E-state index in [9.17, 15) is 13.2 Å². The fourth-order valence-electron chi connectivity index (χ4n) is 3.26. The number of carbonyl (C=O) groups excluding carboxylic acids is 1. The molecule has 7 heteroatoms. The van der Waals surface area contributed by atoms with Crippen LogP contribution in [0.4, 0.5) is 0 Å². The summed E-state index contributed by atoms with van der Waals surface area (Å²) >= 11 is 0. The highest BCUT2D eigenvalue weighted by Crippen LogP contribution is 2.24. The van der Waals surface area contributed by atoms with Gasteiger partial charge in [0.25, 0.3) is 5.91 Å². The molecule has 0 spiro atoms. The predicted octanol–water partition coefficient (Wildman–Crippen LogP) is 3.17. The quantitative estimate of drug-likeness (QED) is 0.476. The third kappa shape index (κ3) is 6.24. The number of carbonyl (C=O) groups is 1. The van der Waals surface area contributed by atoms with Crippen LogP contribution in [0, 0.1) is 0 Å². The standard InChI is InChI=1S/C24H26N2O4S/c1-30-16-15-26-31(28,29)22-14-8-13-21(17-22)24(27)25-18-23(19-9-4-2-5-10-19)20-11-6-3-7-12-20/h2-14,17,23,26H,15-16,18H2,1H3,(H,25,27). The molecule has 3 rings (SSSR count). The van der Waals surface area contributed by atoms with Crippen molar-refractivity contribution in [1.29, 1.82) is 0 Å². The lowest BCUT2D eigenvalue weighted by molar-refractivity contribution is 0.0952. The molecule has 0 aliphatic heterocycles. The lowest BCUT2D eigenvalue weighted by Crippen LogP contribution is -2.30. The molecule has 0 atom stereocenters. The number of rotatable bonds is 10. The summed E-state index contributed by atoms with van der Waals surface area (Å²) in [6.07, 6.45) is 0. The lowest BCUT2D eigenvalue weighted by Gasteiger charge is -2.19. The Bertz CT molecular complexity index is 1050. The minimum Gasteiger partial charge on any atom is -0.383 e. The van der Waals surface area contributed by atoms with Gasteiger partial charge in [0.1, 0.15) is 0 Å². The first-order chi connectivity index (χ1) is 15.0. The van der Waals surface area contributed by atoms with Crippen molar-refractivity contribution in [3.8, 4) is 0 Å². The van der Waals surface area contributed by atoms with E-state index in [0.717, 1.165) is 11.1 Å². The lowest BCUT2D eigenvalue weighted by atomic mass is 9.91. The second kappa shape index (κ2) is 10.9. The van der Waals surface area contributed by atoms with E-state index >= 15 is 0 Å². The number of amides is 1. The van der Waals surface area contributed by atoms with Crippen molar-refractivity contribution in [3.05, 3.63) is 102 Å². The van der Waals surface area contributed by atoms with Crippen LogP contribution >= 0.6 is 0 Å². The summed E-state index contributed by atoms with van der Waals surface area (Å²) in [5, 5.41) is 2.95. The van der Waals surface area contributed by atoms with Crippen molar-refractivity contribution in [2.75, 3.05) is 26.8 Å². The largest absolute Gasteiger partial charge is 0.383 e. The summed E-state index contributed by atoms with van der Waals surface area (Å²) < 4.78 is 32.2. The van der Waals surface area contributed by atoms with Gasteiger partial charge in [-0.15, -0.1) is 0 Å². The summed E-state index contributed by atoms with van der Waals surface area (Å²) in [7, 11) is -2.22. The molecule has 0 saturated heterocycles. The fourth-order valence-corrected chi connectivity index (χ4v) is 4.32. The predicted molar refractivity (Wildman–Crippen MR) is 121 cm³/mol. The Morgan fingerprint density at radius 3 is 2.10 bits per heavy atom. The number of hydrogen-bond acceptors (Lipinski definition) is 4. The molecule has 0 bridgehead atoms. The second-order valence-electron chi connectivity index (χ2n) is 7.00. The summed E-state index contributed by atoms with van der Waals surface area (Å²) in [5.74, 6) is -0.347. The monoisotopic (exact) mass is 438 g/mol. The molecule has 3 aromatic carbocycles. The van der Waals surface area contributed by atoms with Gasteiger partial charge in [-0.1, -0.05) is 66.7 Å². The Morgan fingerprint density at radius 2 is 1.52 bits per heavy atom. The summed E-state index contributed by atoms with van der Waals surface area (Å²) in [5.41, 5.74) is 2.47. The number of ether oxygens (including phenoxy) is 1. The van der Waals surface area contributed by atoms with E-state index in [2.05, 4.69) is 10.0 Å². The molecular weight excluding hydrogens is 412 g/mol. The van der Waals surface area contributed by atoms with Crippen LogP contribution in [0.2, 0.25) is 0 Å². The Morgan fingerprint density at radius 1 is 0.903 bits per heavy atom. The van der Waals surface area contributed by atoms with Gasteiger partial charge in [-0.2, -0.15) is 0 Å². The zero-order chi connectivity index (χ0) is 22.1. The Kier molecular flexibility index (Phi) is 7.94. The molecule has 31 heavy (non-hydrogen) atoms. The first-order valence-corrected chi connectivity index (χ1v) is 11.5. The van der Waals surface area contributed by atoms with Gasteiger partial charge in [-0.05, 0) is 29.3 Å². The molecule has 162 valence electrons. The molecule has 0 aromatic heterocycles. The minimum absolute atomic E-state index is 0.0195.